The molecule has 0 aliphatic heterocycles. The highest BCUT2D eigenvalue weighted by atomic mass is 31.2. The largest absolute Gasteiger partial charge is 0.472 e. The van der Waals surface area contributed by atoms with E-state index in [1.165, 1.54) is 38.5 Å². The molecule has 11 heteroatoms. The van der Waals surface area contributed by atoms with E-state index in [0.717, 1.165) is 64.2 Å². The van der Waals surface area contributed by atoms with Crippen LogP contribution in [0.2, 0.25) is 0 Å². The van der Waals surface area contributed by atoms with Gasteiger partial charge in [0, 0.05) is 12.8 Å². The van der Waals surface area contributed by atoms with E-state index in [1.54, 1.807) is 6.08 Å². The summed E-state index contributed by atoms with van der Waals surface area (Å²) in [6.07, 6.45) is 50.6. The van der Waals surface area contributed by atoms with Crippen molar-refractivity contribution < 1.29 is 47.2 Å². The standard InChI is InChI=1S/C50H84NO9P/c1-6-8-10-12-14-16-18-20-21-22-23-24-25-27-29-31-33-35-37-41-50(54)60-48(46-59-61(55,56)58-44-43-51(3,4)5)45-57-49(53)42-38-40-47(52)39-36-34-32-30-28-26-19-17-15-13-11-9-7-2/h8,10,14,16,20-21,23-24,26-29,32,34,36,39,47-48,52H,6-7,9,11-13,15,17-19,22,25,30-31,33,35,37-38,40-46H2,1-5H3/p+1/b10-8-,16-14-,21-20-,24-23-,28-26+,29-27-,34-32+,39-36+/t47?,48-/m1/s1. The summed E-state index contributed by atoms with van der Waals surface area (Å²) in [5.41, 5.74) is 0. The number of rotatable bonds is 40. The van der Waals surface area contributed by atoms with Gasteiger partial charge in [0.1, 0.15) is 19.8 Å². The molecule has 0 rings (SSSR count). The molecule has 0 aromatic rings. The van der Waals surface area contributed by atoms with Crippen LogP contribution in [0.1, 0.15) is 149 Å². The second-order valence-corrected chi connectivity index (χ2v) is 17.7. The lowest BCUT2D eigenvalue weighted by atomic mass is 10.1. The van der Waals surface area contributed by atoms with Gasteiger partial charge in [-0.1, -0.05) is 150 Å². The van der Waals surface area contributed by atoms with E-state index >= 15 is 0 Å². The molecule has 0 aliphatic carbocycles. The first kappa shape index (κ1) is 57.9. The van der Waals surface area contributed by atoms with E-state index in [4.69, 9.17) is 18.5 Å². The van der Waals surface area contributed by atoms with Crippen molar-refractivity contribution in [3.05, 3.63) is 97.2 Å². The van der Waals surface area contributed by atoms with E-state index < -0.39 is 38.6 Å². The monoisotopic (exact) mass is 875 g/mol. The van der Waals surface area contributed by atoms with Crippen LogP contribution in [0, 0.1) is 0 Å². The van der Waals surface area contributed by atoms with E-state index in [-0.39, 0.29) is 26.1 Å². The number of hydrogen-bond acceptors (Lipinski definition) is 8. The summed E-state index contributed by atoms with van der Waals surface area (Å²) in [5, 5.41) is 10.3. The minimum atomic E-state index is -4.44. The van der Waals surface area contributed by atoms with Gasteiger partial charge in [-0.05, 0) is 83.5 Å². The molecule has 10 nitrogen and oxygen atoms in total. The Morgan fingerprint density at radius 2 is 1.13 bits per heavy atom. The lowest BCUT2D eigenvalue weighted by Crippen LogP contribution is -2.37. The van der Waals surface area contributed by atoms with E-state index in [9.17, 15) is 24.2 Å². The Morgan fingerprint density at radius 1 is 0.607 bits per heavy atom. The molecule has 3 atom stereocenters. The average molecular weight is 875 g/mol. The van der Waals surface area contributed by atoms with Gasteiger partial charge in [0.15, 0.2) is 6.10 Å². The second kappa shape index (κ2) is 40.9. The Labute approximate surface area is 371 Å². The number of aliphatic hydroxyl groups excluding tert-OH is 1. The van der Waals surface area contributed by atoms with Crippen LogP contribution in [-0.4, -0.2) is 86.1 Å². The number of quaternary nitrogens is 1. The summed E-state index contributed by atoms with van der Waals surface area (Å²) in [4.78, 5) is 35.4. The van der Waals surface area contributed by atoms with Gasteiger partial charge in [0.25, 0.3) is 0 Å². The fourth-order valence-corrected chi connectivity index (χ4v) is 6.32. The van der Waals surface area contributed by atoms with Crippen molar-refractivity contribution in [2.24, 2.45) is 0 Å². The molecule has 0 aliphatic rings. The highest BCUT2D eigenvalue weighted by Crippen LogP contribution is 2.43. The van der Waals surface area contributed by atoms with Crippen molar-refractivity contribution in [1.82, 2.24) is 0 Å². The van der Waals surface area contributed by atoms with Gasteiger partial charge in [-0.2, -0.15) is 0 Å². The first-order valence-corrected chi connectivity index (χ1v) is 24.6. The quantitative estimate of drug-likeness (QED) is 0.0154. The summed E-state index contributed by atoms with van der Waals surface area (Å²) in [7, 11) is 1.34. The maximum Gasteiger partial charge on any atom is 0.472 e. The molecule has 0 radical (unpaired) electrons. The van der Waals surface area contributed by atoms with Crippen molar-refractivity contribution in [2.45, 2.75) is 161 Å². The van der Waals surface area contributed by atoms with Gasteiger partial charge in [-0.3, -0.25) is 18.6 Å². The van der Waals surface area contributed by atoms with Crippen molar-refractivity contribution in [3.8, 4) is 0 Å². The van der Waals surface area contributed by atoms with Crippen LogP contribution in [-0.2, 0) is 32.7 Å². The Balaban J connectivity index is 4.60. The Morgan fingerprint density at radius 3 is 1.72 bits per heavy atom. The van der Waals surface area contributed by atoms with Crippen LogP contribution in [0.25, 0.3) is 0 Å². The minimum Gasteiger partial charge on any atom is -0.462 e. The van der Waals surface area contributed by atoms with Crippen molar-refractivity contribution in [1.29, 1.82) is 0 Å². The molecule has 2 N–H and O–H groups in total. The normalized spacial score (nSPS) is 14.9. The van der Waals surface area contributed by atoms with Crippen molar-refractivity contribution in [2.75, 3.05) is 47.5 Å². The number of phosphoric acid groups is 1. The van der Waals surface area contributed by atoms with Gasteiger partial charge in [-0.25, -0.2) is 4.57 Å². The number of esters is 2. The fourth-order valence-electron chi connectivity index (χ4n) is 5.58. The van der Waals surface area contributed by atoms with Gasteiger partial charge in [-0.15, -0.1) is 0 Å². The molecule has 61 heavy (non-hydrogen) atoms. The zero-order valence-electron chi connectivity index (χ0n) is 38.7. The van der Waals surface area contributed by atoms with Crippen LogP contribution in [0.4, 0.5) is 0 Å². The third-order valence-electron chi connectivity index (χ3n) is 9.20. The lowest BCUT2D eigenvalue weighted by Gasteiger charge is -2.24. The molecule has 0 aromatic heterocycles. The van der Waals surface area contributed by atoms with Gasteiger partial charge < -0.3 is 24.0 Å². The Bertz CT molecular complexity index is 1370. The summed E-state index contributed by atoms with van der Waals surface area (Å²) >= 11 is 0. The first-order valence-electron chi connectivity index (χ1n) is 23.1. The van der Waals surface area contributed by atoms with Crippen LogP contribution in [0.5, 0.6) is 0 Å². The van der Waals surface area contributed by atoms with Gasteiger partial charge in [0.2, 0.25) is 0 Å². The molecule has 0 heterocycles. The van der Waals surface area contributed by atoms with E-state index in [1.807, 2.05) is 39.4 Å². The Kier molecular flexibility index (Phi) is 38.8. The summed E-state index contributed by atoms with van der Waals surface area (Å²) in [6, 6.07) is 0. The third kappa shape index (κ3) is 44.7. The zero-order valence-corrected chi connectivity index (χ0v) is 39.6. The highest BCUT2D eigenvalue weighted by Gasteiger charge is 2.27. The molecule has 0 aromatic carbocycles. The number of nitrogens with zero attached hydrogens (tertiary/aromatic N) is 1. The minimum absolute atomic E-state index is 0.00956. The number of carbonyl (C=O) groups is 2. The first-order chi connectivity index (χ1) is 29.4. The maximum atomic E-state index is 12.7. The fraction of sp³-hybridized carbons (Fsp3) is 0.640. The summed E-state index contributed by atoms with van der Waals surface area (Å²) in [5.74, 6) is -1.04. The number of unbranched alkanes of at least 4 members (excludes halogenated alkanes) is 9. The number of hydrogen-bond donors (Lipinski definition) is 2. The maximum absolute atomic E-state index is 12.7. The number of likely N-dealkylation sites (N-methyl/N-ethyl adjacent to an activating group) is 1. The third-order valence-corrected chi connectivity index (χ3v) is 10.2. The SMILES string of the molecule is CC/C=C\C/C=C\C/C=C\C/C=C\C/C=C\CCCCCC(=O)O[C@H](COC(=O)CCCC(O)/C=C/C=C/C/C=C/CCCCCCCC)COP(=O)(O)OCC[N+](C)(C)C. The number of carbonyl (C=O) groups excluding carboxylic acids is 2. The molecule has 2 unspecified atom stereocenters. The lowest BCUT2D eigenvalue weighted by molar-refractivity contribution is -0.870. The van der Waals surface area contributed by atoms with Crippen molar-refractivity contribution in [3.63, 3.8) is 0 Å². The van der Waals surface area contributed by atoms with Crippen molar-refractivity contribution >= 4 is 19.8 Å². The van der Waals surface area contributed by atoms with E-state index in [2.05, 4.69) is 86.8 Å². The van der Waals surface area contributed by atoms with Crippen LogP contribution in [0.15, 0.2) is 97.2 Å². The van der Waals surface area contributed by atoms with Crippen LogP contribution in [0.3, 0.4) is 0 Å². The zero-order chi connectivity index (χ0) is 45.1. The Hall–Kier alpha value is -3.11. The number of aliphatic hydroxyl groups is 1. The molecule has 0 amide bonds. The number of phosphoric ester groups is 1. The van der Waals surface area contributed by atoms with Gasteiger partial charge >= 0.3 is 19.8 Å². The summed E-state index contributed by atoms with van der Waals surface area (Å²) in [6.45, 7) is 4.02. The van der Waals surface area contributed by atoms with Crippen LogP contribution < -0.4 is 0 Å². The average Bonchev–Trinajstić information content (AvgIpc) is 3.21. The smallest absolute Gasteiger partial charge is 0.462 e. The molecule has 0 spiro atoms. The molecule has 0 saturated heterocycles. The molecule has 0 fully saturated rings. The molecule has 0 saturated carbocycles. The topological polar surface area (TPSA) is 129 Å². The second-order valence-electron chi connectivity index (χ2n) is 16.2. The number of allylic oxidation sites excluding steroid dienone is 15. The number of ether oxygens (including phenoxy) is 2. The van der Waals surface area contributed by atoms with E-state index in [0.29, 0.717) is 30.3 Å². The predicted octanol–water partition coefficient (Wildman–Crippen LogP) is 12.3. The summed E-state index contributed by atoms with van der Waals surface area (Å²) < 4.78 is 34.1. The predicted molar refractivity (Wildman–Crippen MR) is 253 cm³/mol. The molecule has 0 bridgehead atoms. The van der Waals surface area contributed by atoms with Gasteiger partial charge in [0.05, 0.1) is 33.9 Å². The molecular weight excluding hydrogens is 790 g/mol. The highest BCUT2D eigenvalue weighted by molar-refractivity contribution is 7.47. The molecular formula is C50H85NO9P+. The van der Waals surface area contributed by atoms with Crippen LogP contribution >= 0.6 is 7.82 Å². The molecule has 348 valence electrons.